The number of ketones is 1. The predicted molar refractivity (Wildman–Crippen MR) is 91.7 cm³/mol. The normalized spacial score (nSPS) is 12.1. The van der Waals surface area contributed by atoms with Gasteiger partial charge in [0, 0.05) is 10.0 Å². The maximum Gasteiger partial charge on any atom is 0.344 e. The molecule has 0 aliphatic rings. The lowest BCUT2D eigenvalue weighted by molar-refractivity contribution is -0.144. The van der Waals surface area contributed by atoms with E-state index in [1.807, 2.05) is 24.3 Å². The lowest BCUT2D eigenvalue weighted by Gasteiger charge is -2.10. The Labute approximate surface area is 142 Å². The lowest BCUT2D eigenvalue weighted by atomic mass is 10.1. The molecule has 4 nitrogen and oxygen atoms in total. The summed E-state index contributed by atoms with van der Waals surface area (Å²) in [5.74, 6) is -0.762. The summed E-state index contributed by atoms with van der Waals surface area (Å²) < 4.78 is 6.20. The number of ether oxygens (including phenoxy) is 1. The van der Waals surface area contributed by atoms with Crippen LogP contribution in [0.3, 0.4) is 0 Å². The molecular weight excluding hydrogens is 360 g/mol. The van der Waals surface area contributed by atoms with Gasteiger partial charge in [-0.05, 0) is 55.0 Å². The number of allylic oxidation sites excluding steroid dienone is 1. The van der Waals surface area contributed by atoms with Crippen molar-refractivity contribution in [1.82, 2.24) is 0 Å². The van der Waals surface area contributed by atoms with Crippen molar-refractivity contribution in [1.29, 1.82) is 0 Å². The molecule has 0 radical (unpaired) electrons. The number of carbonyl (C=O) groups is 2. The summed E-state index contributed by atoms with van der Waals surface area (Å²) in [7, 11) is 0. The molecule has 1 N–H and O–H groups in total. The zero-order valence-electron chi connectivity index (χ0n) is 12.4. The Kier molecular flexibility index (Phi) is 5.71. The van der Waals surface area contributed by atoms with Crippen LogP contribution < -0.4 is 4.74 Å². The molecule has 1 unspecified atom stereocenters. The maximum atomic E-state index is 12.1. The molecule has 0 aliphatic carbocycles. The zero-order chi connectivity index (χ0) is 16.8. The Morgan fingerprint density at radius 1 is 1.09 bits per heavy atom. The molecule has 5 heteroatoms. The highest BCUT2D eigenvalue weighted by Gasteiger charge is 2.12. The first-order valence-corrected chi connectivity index (χ1v) is 7.72. The molecule has 0 amide bonds. The first-order chi connectivity index (χ1) is 11.0. The first kappa shape index (κ1) is 17.0. The van der Waals surface area contributed by atoms with Gasteiger partial charge >= 0.3 is 5.97 Å². The summed E-state index contributed by atoms with van der Waals surface area (Å²) >= 11 is 3.36. The van der Waals surface area contributed by atoms with Crippen LogP contribution in [0.1, 0.15) is 22.8 Å². The van der Waals surface area contributed by atoms with E-state index in [2.05, 4.69) is 15.9 Å². The second kappa shape index (κ2) is 7.74. The molecule has 0 saturated carbocycles. The van der Waals surface area contributed by atoms with Gasteiger partial charge in [0.15, 0.2) is 11.9 Å². The number of aliphatic carboxylic acids is 1. The van der Waals surface area contributed by atoms with Crippen molar-refractivity contribution < 1.29 is 19.4 Å². The van der Waals surface area contributed by atoms with Crippen LogP contribution in [0.4, 0.5) is 0 Å². The highest BCUT2D eigenvalue weighted by atomic mass is 79.9. The third kappa shape index (κ3) is 5.07. The van der Waals surface area contributed by atoms with Crippen LogP contribution in [0.15, 0.2) is 59.1 Å². The van der Waals surface area contributed by atoms with Crippen molar-refractivity contribution in [3.63, 3.8) is 0 Å². The van der Waals surface area contributed by atoms with Crippen LogP contribution in [-0.2, 0) is 4.79 Å². The van der Waals surface area contributed by atoms with E-state index in [4.69, 9.17) is 9.84 Å². The second-order valence-corrected chi connectivity index (χ2v) is 5.79. The number of carbonyl (C=O) groups excluding carboxylic acids is 1. The largest absolute Gasteiger partial charge is 0.479 e. The van der Waals surface area contributed by atoms with Gasteiger partial charge in [-0.25, -0.2) is 4.79 Å². The van der Waals surface area contributed by atoms with Crippen LogP contribution in [0.25, 0.3) is 6.08 Å². The fourth-order valence-corrected chi connectivity index (χ4v) is 2.06. The maximum absolute atomic E-state index is 12.1. The number of hydrogen-bond acceptors (Lipinski definition) is 3. The minimum Gasteiger partial charge on any atom is -0.479 e. The van der Waals surface area contributed by atoms with Gasteiger partial charge in [-0.2, -0.15) is 0 Å². The summed E-state index contributed by atoms with van der Waals surface area (Å²) in [6.07, 6.45) is 2.30. The minimum atomic E-state index is -1.04. The number of hydrogen-bond donors (Lipinski definition) is 1. The first-order valence-electron chi connectivity index (χ1n) is 6.93. The molecule has 0 aliphatic heterocycles. The van der Waals surface area contributed by atoms with Crippen molar-refractivity contribution >= 4 is 33.8 Å². The molecule has 23 heavy (non-hydrogen) atoms. The summed E-state index contributed by atoms with van der Waals surface area (Å²) in [6.45, 7) is 1.45. The highest BCUT2D eigenvalue weighted by molar-refractivity contribution is 9.10. The molecule has 0 spiro atoms. The Morgan fingerprint density at radius 2 is 1.70 bits per heavy atom. The van der Waals surface area contributed by atoms with Crippen LogP contribution in [0, 0.1) is 0 Å². The van der Waals surface area contributed by atoms with E-state index in [1.165, 1.54) is 13.0 Å². The molecule has 2 aromatic carbocycles. The van der Waals surface area contributed by atoms with E-state index in [0.29, 0.717) is 11.3 Å². The molecule has 0 fully saturated rings. The number of rotatable bonds is 6. The minimum absolute atomic E-state index is 0.134. The van der Waals surface area contributed by atoms with Crippen LogP contribution in [0.2, 0.25) is 0 Å². The van der Waals surface area contributed by atoms with E-state index in [-0.39, 0.29) is 5.78 Å². The van der Waals surface area contributed by atoms with Crippen molar-refractivity contribution in [2.75, 3.05) is 0 Å². The average molecular weight is 375 g/mol. The van der Waals surface area contributed by atoms with E-state index in [0.717, 1.165) is 10.0 Å². The molecule has 2 rings (SSSR count). The molecule has 0 aromatic heterocycles. The quantitative estimate of drug-likeness (QED) is 0.607. The zero-order valence-corrected chi connectivity index (χ0v) is 14.0. The van der Waals surface area contributed by atoms with Crippen LogP contribution >= 0.6 is 15.9 Å². The van der Waals surface area contributed by atoms with Gasteiger partial charge in [-0.3, -0.25) is 4.79 Å². The van der Waals surface area contributed by atoms with Crippen LogP contribution in [0.5, 0.6) is 5.75 Å². The van der Waals surface area contributed by atoms with Gasteiger partial charge in [-0.1, -0.05) is 34.1 Å². The van der Waals surface area contributed by atoms with Crippen molar-refractivity contribution in [3.05, 3.63) is 70.2 Å². The highest BCUT2D eigenvalue weighted by Crippen LogP contribution is 2.16. The van der Waals surface area contributed by atoms with Crippen LogP contribution in [-0.4, -0.2) is 23.0 Å². The lowest BCUT2D eigenvalue weighted by Crippen LogP contribution is -2.22. The fraction of sp³-hybridized carbons (Fsp3) is 0.111. The molecule has 0 saturated heterocycles. The molecular formula is C18H15BrO4. The SMILES string of the molecule is CC(Oc1ccc(C(=O)/C=C/c2ccc(Br)cc2)cc1)C(=O)O. The van der Waals surface area contributed by atoms with E-state index < -0.39 is 12.1 Å². The van der Waals surface area contributed by atoms with Gasteiger partial charge < -0.3 is 9.84 Å². The van der Waals surface area contributed by atoms with Gasteiger partial charge in [-0.15, -0.1) is 0 Å². The molecule has 118 valence electrons. The third-order valence-corrected chi connectivity index (χ3v) is 3.63. The Bertz CT molecular complexity index is 718. The molecule has 0 bridgehead atoms. The monoisotopic (exact) mass is 374 g/mol. The average Bonchev–Trinajstić information content (AvgIpc) is 2.54. The fourth-order valence-electron chi connectivity index (χ4n) is 1.79. The number of carboxylic acid groups (broad SMARTS) is 1. The number of halogens is 1. The summed E-state index contributed by atoms with van der Waals surface area (Å²) in [6, 6.07) is 14.0. The third-order valence-electron chi connectivity index (χ3n) is 3.10. The van der Waals surface area contributed by atoms with E-state index in [9.17, 15) is 9.59 Å². The standard InChI is InChI=1S/C18H15BrO4/c1-12(18(21)22)23-16-9-5-14(6-10-16)17(20)11-4-13-2-7-15(19)8-3-13/h2-12H,1H3,(H,21,22)/b11-4+. The second-order valence-electron chi connectivity index (χ2n) is 4.87. The Morgan fingerprint density at radius 3 is 2.26 bits per heavy atom. The Hall–Kier alpha value is -2.40. The van der Waals surface area contributed by atoms with Crippen molar-refractivity contribution in [2.24, 2.45) is 0 Å². The van der Waals surface area contributed by atoms with Crippen molar-refractivity contribution in [3.8, 4) is 5.75 Å². The smallest absolute Gasteiger partial charge is 0.344 e. The van der Waals surface area contributed by atoms with Gasteiger partial charge in [0.1, 0.15) is 5.75 Å². The van der Waals surface area contributed by atoms with Gasteiger partial charge in [0.2, 0.25) is 0 Å². The van der Waals surface area contributed by atoms with E-state index in [1.54, 1.807) is 30.3 Å². The van der Waals surface area contributed by atoms with Crippen molar-refractivity contribution in [2.45, 2.75) is 13.0 Å². The molecule has 2 aromatic rings. The molecule has 0 heterocycles. The summed E-state index contributed by atoms with van der Waals surface area (Å²) in [4.78, 5) is 22.8. The molecule has 1 atom stereocenters. The van der Waals surface area contributed by atoms with Gasteiger partial charge in [0.25, 0.3) is 0 Å². The predicted octanol–water partition coefficient (Wildman–Crippen LogP) is 4.20. The Balaban J connectivity index is 2.02. The van der Waals surface area contributed by atoms with E-state index >= 15 is 0 Å². The topological polar surface area (TPSA) is 63.6 Å². The summed E-state index contributed by atoms with van der Waals surface area (Å²) in [5, 5.41) is 8.79. The number of benzene rings is 2. The van der Waals surface area contributed by atoms with Gasteiger partial charge in [0.05, 0.1) is 0 Å². The number of carboxylic acids is 1. The summed E-state index contributed by atoms with van der Waals surface area (Å²) in [5.41, 5.74) is 1.44.